The van der Waals surface area contributed by atoms with E-state index in [1.54, 1.807) is 4.90 Å². The van der Waals surface area contributed by atoms with Crippen molar-refractivity contribution in [3.8, 4) is 0 Å². The van der Waals surface area contributed by atoms with Crippen LogP contribution in [0.2, 0.25) is 0 Å². The number of nitrogens with one attached hydrogen (secondary N) is 1. The zero-order valence-corrected chi connectivity index (χ0v) is 14.3. The highest BCUT2D eigenvalue weighted by molar-refractivity contribution is 6.06. The highest BCUT2D eigenvalue weighted by atomic mass is 16.2. The molecular weight excluding hydrogens is 276 g/mol. The van der Waals surface area contributed by atoms with E-state index < -0.39 is 0 Å². The van der Waals surface area contributed by atoms with Gasteiger partial charge in [-0.2, -0.15) is 0 Å². The molecule has 0 saturated carbocycles. The molecule has 2 heterocycles. The van der Waals surface area contributed by atoms with Crippen LogP contribution < -0.4 is 5.32 Å². The van der Waals surface area contributed by atoms with Gasteiger partial charge in [-0.25, -0.2) is 0 Å². The molecule has 3 aliphatic rings. The number of allylic oxidation sites excluding steroid dienone is 1. The highest BCUT2D eigenvalue weighted by Gasteiger charge is 2.52. The van der Waals surface area contributed by atoms with Gasteiger partial charge in [0.05, 0.1) is 11.8 Å². The van der Waals surface area contributed by atoms with Crippen molar-refractivity contribution >= 4 is 11.8 Å². The predicted molar refractivity (Wildman–Crippen MR) is 86.1 cm³/mol. The maximum Gasteiger partial charge on any atom is 0.237 e. The van der Waals surface area contributed by atoms with Crippen molar-refractivity contribution in [3.63, 3.8) is 0 Å². The number of fused-ring (bicyclic) bond motifs is 1. The van der Waals surface area contributed by atoms with Crippen LogP contribution in [0, 0.1) is 17.8 Å². The van der Waals surface area contributed by atoms with Crippen LogP contribution in [0.25, 0.3) is 0 Å². The molecule has 4 nitrogen and oxygen atoms in total. The Labute approximate surface area is 133 Å². The Kier molecular flexibility index (Phi) is 3.52. The van der Waals surface area contributed by atoms with E-state index in [2.05, 4.69) is 46.0 Å². The van der Waals surface area contributed by atoms with Crippen molar-refractivity contribution in [2.75, 3.05) is 0 Å². The number of carbonyl (C=O) groups is 2. The van der Waals surface area contributed by atoms with Gasteiger partial charge in [0.1, 0.15) is 0 Å². The van der Waals surface area contributed by atoms with Crippen LogP contribution in [-0.2, 0) is 9.59 Å². The first kappa shape index (κ1) is 15.7. The van der Waals surface area contributed by atoms with Gasteiger partial charge in [0.2, 0.25) is 11.8 Å². The minimum atomic E-state index is -0.218. The fourth-order valence-corrected chi connectivity index (χ4v) is 4.84. The average Bonchev–Trinajstić information content (AvgIpc) is 2.57. The molecule has 4 heteroatoms. The van der Waals surface area contributed by atoms with Gasteiger partial charge in [-0.15, -0.1) is 0 Å². The topological polar surface area (TPSA) is 49.4 Å². The summed E-state index contributed by atoms with van der Waals surface area (Å²) in [6.07, 6.45) is 6.52. The number of carbonyl (C=O) groups excluding carboxylic acids is 2. The van der Waals surface area contributed by atoms with Crippen LogP contribution in [-0.4, -0.2) is 33.8 Å². The number of likely N-dealkylation sites (tertiary alicyclic amines) is 1. The molecule has 3 atom stereocenters. The van der Waals surface area contributed by atoms with Crippen molar-refractivity contribution in [2.24, 2.45) is 17.8 Å². The van der Waals surface area contributed by atoms with Gasteiger partial charge in [0.25, 0.3) is 0 Å². The molecule has 0 spiro atoms. The van der Waals surface area contributed by atoms with Gasteiger partial charge < -0.3 is 5.32 Å². The molecule has 1 N–H and O–H groups in total. The third-order valence-electron chi connectivity index (χ3n) is 5.32. The molecule has 22 heavy (non-hydrogen) atoms. The van der Waals surface area contributed by atoms with Crippen molar-refractivity contribution in [2.45, 2.75) is 71.0 Å². The third kappa shape index (κ3) is 2.62. The van der Waals surface area contributed by atoms with Crippen LogP contribution >= 0.6 is 0 Å². The van der Waals surface area contributed by atoms with Gasteiger partial charge in [-0.3, -0.25) is 14.5 Å². The van der Waals surface area contributed by atoms with Crippen molar-refractivity contribution < 1.29 is 9.59 Å². The predicted octanol–water partition coefficient (Wildman–Crippen LogP) is 2.49. The SMILES string of the molecule is CC1C=CC2C(=O)N(C3CC(C)(C)NC(C)(C)C3)C(=O)C2C1. The summed E-state index contributed by atoms with van der Waals surface area (Å²) < 4.78 is 0. The molecule has 2 fully saturated rings. The summed E-state index contributed by atoms with van der Waals surface area (Å²) in [7, 11) is 0. The molecule has 0 aromatic carbocycles. The lowest BCUT2D eigenvalue weighted by Gasteiger charge is -2.48. The molecule has 2 aliphatic heterocycles. The molecule has 1 aliphatic carbocycles. The Bertz CT molecular complexity index is 519. The summed E-state index contributed by atoms with van der Waals surface area (Å²) in [5.41, 5.74) is -0.131. The van der Waals surface area contributed by atoms with E-state index in [0.717, 1.165) is 19.3 Å². The van der Waals surface area contributed by atoms with Crippen LogP contribution in [0.15, 0.2) is 12.2 Å². The third-order valence-corrected chi connectivity index (χ3v) is 5.32. The summed E-state index contributed by atoms with van der Waals surface area (Å²) >= 11 is 0. The van der Waals surface area contributed by atoms with E-state index in [0.29, 0.717) is 5.92 Å². The summed E-state index contributed by atoms with van der Waals surface area (Å²) in [5.74, 6) is 0.124. The molecule has 2 saturated heterocycles. The molecule has 2 amide bonds. The second kappa shape index (κ2) is 4.92. The van der Waals surface area contributed by atoms with E-state index in [1.807, 2.05) is 6.08 Å². The smallest absolute Gasteiger partial charge is 0.237 e. The second-order valence-electron chi connectivity index (χ2n) is 8.73. The maximum absolute atomic E-state index is 12.9. The van der Waals surface area contributed by atoms with Gasteiger partial charge in [-0.1, -0.05) is 19.1 Å². The number of amides is 2. The lowest BCUT2D eigenvalue weighted by atomic mass is 9.79. The number of hydrogen-bond acceptors (Lipinski definition) is 3. The molecule has 3 unspecified atom stereocenters. The van der Waals surface area contributed by atoms with E-state index in [9.17, 15) is 9.59 Å². The van der Waals surface area contributed by atoms with Crippen LogP contribution in [0.3, 0.4) is 0 Å². The molecule has 0 aromatic heterocycles. The molecular formula is C18H28N2O2. The normalized spacial score (nSPS) is 37.5. The lowest BCUT2D eigenvalue weighted by molar-refractivity contribution is -0.144. The number of piperidine rings is 1. The Hall–Kier alpha value is -1.16. The summed E-state index contributed by atoms with van der Waals surface area (Å²) in [6, 6.07) is 0.0144. The Morgan fingerprint density at radius 3 is 2.23 bits per heavy atom. The van der Waals surface area contributed by atoms with E-state index in [1.165, 1.54) is 0 Å². The largest absolute Gasteiger partial charge is 0.307 e. The van der Waals surface area contributed by atoms with Crippen molar-refractivity contribution in [1.82, 2.24) is 10.2 Å². The van der Waals surface area contributed by atoms with E-state index >= 15 is 0 Å². The number of hydrogen-bond donors (Lipinski definition) is 1. The lowest BCUT2D eigenvalue weighted by Crippen LogP contribution is -2.63. The first-order valence-electron chi connectivity index (χ1n) is 8.44. The van der Waals surface area contributed by atoms with Gasteiger partial charge in [0.15, 0.2) is 0 Å². The average molecular weight is 304 g/mol. The minimum Gasteiger partial charge on any atom is -0.307 e. The Morgan fingerprint density at radius 2 is 1.64 bits per heavy atom. The van der Waals surface area contributed by atoms with Crippen molar-refractivity contribution in [3.05, 3.63) is 12.2 Å². The number of imide groups is 1. The second-order valence-corrected chi connectivity index (χ2v) is 8.73. The van der Waals surface area contributed by atoms with Crippen LogP contribution in [0.4, 0.5) is 0 Å². The zero-order chi connectivity index (χ0) is 16.3. The summed E-state index contributed by atoms with van der Waals surface area (Å²) in [5, 5.41) is 3.62. The van der Waals surface area contributed by atoms with E-state index in [-0.39, 0.29) is 40.8 Å². The number of nitrogens with zero attached hydrogens (tertiary/aromatic N) is 1. The minimum absolute atomic E-state index is 0.0144. The number of rotatable bonds is 1. The first-order valence-corrected chi connectivity index (χ1v) is 8.44. The Morgan fingerprint density at radius 1 is 1.05 bits per heavy atom. The molecule has 0 bridgehead atoms. The maximum atomic E-state index is 12.9. The fourth-order valence-electron chi connectivity index (χ4n) is 4.84. The first-order chi connectivity index (χ1) is 10.1. The summed E-state index contributed by atoms with van der Waals surface area (Å²) in [6.45, 7) is 10.7. The standard InChI is InChI=1S/C18H28N2O2/c1-11-6-7-13-14(8-11)16(22)20(15(13)21)12-9-17(2,3)19-18(4,5)10-12/h6-7,11-14,19H,8-10H2,1-5H3. The van der Waals surface area contributed by atoms with Gasteiger partial charge >= 0.3 is 0 Å². The van der Waals surface area contributed by atoms with Crippen LogP contribution in [0.1, 0.15) is 53.9 Å². The molecule has 122 valence electrons. The van der Waals surface area contributed by atoms with E-state index in [4.69, 9.17) is 0 Å². The summed E-state index contributed by atoms with van der Waals surface area (Å²) in [4.78, 5) is 27.3. The van der Waals surface area contributed by atoms with Gasteiger partial charge in [0, 0.05) is 17.1 Å². The van der Waals surface area contributed by atoms with Gasteiger partial charge in [-0.05, 0) is 52.9 Å². The molecule has 3 rings (SSSR count). The van der Waals surface area contributed by atoms with Crippen molar-refractivity contribution in [1.29, 1.82) is 0 Å². The zero-order valence-electron chi connectivity index (χ0n) is 14.3. The Balaban J connectivity index is 1.87. The quantitative estimate of drug-likeness (QED) is 0.598. The highest BCUT2D eigenvalue weighted by Crippen LogP contribution is 2.41. The fraction of sp³-hybridized carbons (Fsp3) is 0.778. The molecule has 0 aromatic rings. The molecule has 0 radical (unpaired) electrons. The monoisotopic (exact) mass is 304 g/mol. The van der Waals surface area contributed by atoms with Crippen LogP contribution in [0.5, 0.6) is 0 Å².